The molecule has 0 radical (unpaired) electrons. The lowest BCUT2D eigenvalue weighted by molar-refractivity contribution is 0.0526. The van der Waals surface area contributed by atoms with Gasteiger partial charge in [0.05, 0.1) is 23.4 Å². The van der Waals surface area contributed by atoms with Crippen LogP contribution in [0.1, 0.15) is 27.8 Å². The zero-order valence-corrected chi connectivity index (χ0v) is 17.6. The van der Waals surface area contributed by atoms with Gasteiger partial charge < -0.3 is 15.0 Å². The average molecular weight is 422 g/mol. The molecule has 0 saturated carbocycles. The van der Waals surface area contributed by atoms with Crippen molar-refractivity contribution in [1.82, 2.24) is 9.88 Å². The van der Waals surface area contributed by atoms with E-state index in [1.165, 1.54) is 0 Å². The van der Waals surface area contributed by atoms with Crippen LogP contribution in [-0.4, -0.2) is 53.0 Å². The van der Waals surface area contributed by atoms with Crippen LogP contribution < -0.4 is 5.32 Å². The second-order valence-corrected chi connectivity index (χ2v) is 8.13. The van der Waals surface area contributed by atoms with Crippen molar-refractivity contribution >= 4 is 45.9 Å². The van der Waals surface area contributed by atoms with Crippen LogP contribution in [0.25, 0.3) is 10.9 Å². The highest BCUT2D eigenvalue weighted by Crippen LogP contribution is 2.28. The molecule has 7 heteroatoms. The first kappa shape index (κ1) is 20.2. The number of fused-ring (bicyclic) bond motifs is 1. The minimum absolute atomic E-state index is 0.0515. The van der Waals surface area contributed by atoms with Crippen LogP contribution in [0.15, 0.2) is 54.6 Å². The summed E-state index contributed by atoms with van der Waals surface area (Å²) in [5.74, 6) is 1.49. The SMILES string of the molecule is CCOC(=O)c1cccc(Nc2cc(C(=O)N3CCSCC3)nc3ccccc23)c1. The second kappa shape index (κ2) is 9.17. The lowest BCUT2D eigenvalue weighted by atomic mass is 10.1. The second-order valence-electron chi connectivity index (χ2n) is 6.90. The standard InChI is InChI=1S/C23H23N3O3S/c1-2-29-23(28)16-6-5-7-17(14-16)24-20-15-21(22(27)26-10-12-30-13-11-26)25-19-9-4-3-8-18(19)20/h3-9,14-15H,2,10-13H2,1H3,(H,24,25). The number of esters is 1. The van der Waals surface area contributed by atoms with Crippen LogP contribution in [-0.2, 0) is 4.74 Å². The molecule has 1 amide bonds. The Labute approximate surface area is 179 Å². The van der Waals surface area contributed by atoms with E-state index in [-0.39, 0.29) is 11.9 Å². The lowest BCUT2D eigenvalue weighted by Gasteiger charge is -2.26. The van der Waals surface area contributed by atoms with Crippen molar-refractivity contribution < 1.29 is 14.3 Å². The number of hydrogen-bond acceptors (Lipinski definition) is 6. The summed E-state index contributed by atoms with van der Waals surface area (Å²) < 4.78 is 5.09. The third-order valence-electron chi connectivity index (χ3n) is 4.89. The Morgan fingerprint density at radius 2 is 1.90 bits per heavy atom. The minimum atomic E-state index is -0.362. The van der Waals surface area contributed by atoms with Gasteiger partial charge in [-0.25, -0.2) is 9.78 Å². The molecule has 154 valence electrons. The summed E-state index contributed by atoms with van der Waals surface area (Å²) >= 11 is 1.86. The first-order valence-corrected chi connectivity index (χ1v) is 11.1. The third kappa shape index (κ3) is 4.41. The zero-order valence-electron chi connectivity index (χ0n) is 16.8. The van der Waals surface area contributed by atoms with Gasteiger partial charge in [0.25, 0.3) is 5.91 Å². The van der Waals surface area contributed by atoms with Gasteiger partial charge >= 0.3 is 5.97 Å². The molecule has 1 aromatic heterocycles. The van der Waals surface area contributed by atoms with Gasteiger partial charge in [0.15, 0.2) is 0 Å². The number of aromatic nitrogens is 1. The Bertz CT molecular complexity index is 1080. The van der Waals surface area contributed by atoms with Gasteiger partial charge in [0.2, 0.25) is 0 Å². The number of anilines is 2. The number of hydrogen-bond donors (Lipinski definition) is 1. The number of thioether (sulfide) groups is 1. The zero-order chi connectivity index (χ0) is 20.9. The maximum atomic E-state index is 13.0. The maximum absolute atomic E-state index is 13.0. The summed E-state index contributed by atoms with van der Waals surface area (Å²) in [5, 5.41) is 4.27. The van der Waals surface area contributed by atoms with E-state index < -0.39 is 0 Å². The molecule has 4 rings (SSSR count). The van der Waals surface area contributed by atoms with Gasteiger partial charge in [0.1, 0.15) is 5.69 Å². The molecule has 0 unspecified atom stereocenters. The van der Waals surface area contributed by atoms with Gasteiger partial charge in [-0.05, 0) is 37.3 Å². The Morgan fingerprint density at radius 1 is 1.10 bits per heavy atom. The molecule has 3 aromatic rings. The summed E-state index contributed by atoms with van der Waals surface area (Å²) in [7, 11) is 0. The van der Waals surface area contributed by atoms with Crippen LogP contribution in [0, 0.1) is 0 Å². The van der Waals surface area contributed by atoms with Crippen LogP contribution >= 0.6 is 11.8 Å². The number of para-hydroxylation sites is 1. The molecule has 0 bridgehead atoms. The molecule has 0 atom stereocenters. The molecule has 2 aromatic carbocycles. The fraction of sp³-hybridized carbons (Fsp3) is 0.261. The molecular weight excluding hydrogens is 398 g/mol. The predicted octanol–water partition coefficient (Wildman–Crippen LogP) is 4.34. The van der Waals surface area contributed by atoms with Crippen LogP contribution in [0.2, 0.25) is 0 Å². The van der Waals surface area contributed by atoms with E-state index in [0.29, 0.717) is 17.9 Å². The molecule has 30 heavy (non-hydrogen) atoms. The number of ether oxygens (including phenoxy) is 1. The summed E-state index contributed by atoms with van der Waals surface area (Å²) in [6.45, 7) is 3.58. The number of benzene rings is 2. The Hall–Kier alpha value is -3.06. The largest absolute Gasteiger partial charge is 0.462 e. The van der Waals surface area contributed by atoms with Gasteiger partial charge in [0, 0.05) is 35.7 Å². The van der Waals surface area contributed by atoms with Crippen molar-refractivity contribution in [3.05, 3.63) is 65.9 Å². The first-order valence-electron chi connectivity index (χ1n) is 9.96. The number of nitrogens with one attached hydrogen (secondary N) is 1. The summed E-state index contributed by atoms with van der Waals surface area (Å²) in [5.41, 5.74) is 3.16. The van der Waals surface area contributed by atoms with Gasteiger partial charge in [-0.2, -0.15) is 11.8 Å². The van der Waals surface area contributed by atoms with Crippen LogP contribution in [0.3, 0.4) is 0 Å². The number of rotatable bonds is 5. The van der Waals surface area contributed by atoms with E-state index in [0.717, 1.165) is 46.9 Å². The van der Waals surface area contributed by atoms with Crippen LogP contribution in [0.5, 0.6) is 0 Å². The van der Waals surface area contributed by atoms with E-state index in [2.05, 4.69) is 10.3 Å². The molecule has 1 N–H and O–H groups in total. The Morgan fingerprint density at radius 3 is 2.70 bits per heavy atom. The molecule has 2 heterocycles. The molecule has 6 nitrogen and oxygen atoms in total. The summed E-state index contributed by atoms with van der Waals surface area (Å²) in [4.78, 5) is 31.6. The highest BCUT2D eigenvalue weighted by Gasteiger charge is 2.21. The number of carbonyl (C=O) groups is 2. The van der Waals surface area contributed by atoms with Gasteiger partial charge in [-0.15, -0.1) is 0 Å². The molecule has 1 saturated heterocycles. The summed E-state index contributed by atoms with van der Waals surface area (Å²) in [6, 6.07) is 16.7. The molecule has 1 fully saturated rings. The van der Waals surface area contributed by atoms with Crippen molar-refractivity contribution in [3.63, 3.8) is 0 Å². The fourth-order valence-corrected chi connectivity index (χ4v) is 4.31. The van der Waals surface area contributed by atoms with E-state index >= 15 is 0 Å². The molecule has 1 aliphatic heterocycles. The van der Waals surface area contributed by atoms with Crippen molar-refractivity contribution in [2.45, 2.75) is 6.92 Å². The van der Waals surface area contributed by atoms with Crippen molar-refractivity contribution in [2.75, 3.05) is 36.5 Å². The molecular formula is C23H23N3O3S. The molecule has 1 aliphatic rings. The van der Waals surface area contributed by atoms with Crippen molar-refractivity contribution in [1.29, 1.82) is 0 Å². The monoisotopic (exact) mass is 421 g/mol. The quantitative estimate of drug-likeness (QED) is 0.618. The van der Waals surface area contributed by atoms with Crippen molar-refractivity contribution in [3.8, 4) is 0 Å². The number of nitrogens with zero attached hydrogens (tertiary/aromatic N) is 2. The lowest BCUT2D eigenvalue weighted by Crippen LogP contribution is -2.38. The number of carbonyl (C=O) groups excluding carboxylic acids is 2. The molecule has 0 aliphatic carbocycles. The maximum Gasteiger partial charge on any atom is 0.338 e. The van der Waals surface area contributed by atoms with E-state index in [9.17, 15) is 9.59 Å². The first-order chi connectivity index (χ1) is 14.7. The van der Waals surface area contributed by atoms with Gasteiger partial charge in [-0.3, -0.25) is 4.79 Å². The topological polar surface area (TPSA) is 71.5 Å². The smallest absolute Gasteiger partial charge is 0.338 e. The Balaban J connectivity index is 1.69. The fourth-order valence-electron chi connectivity index (χ4n) is 3.41. The predicted molar refractivity (Wildman–Crippen MR) is 121 cm³/mol. The van der Waals surface area contributed by atoms with Crippen LogP contribution in [0.4, 0.5) is 11.4 Å². The number of amides is 1. The third-order valence-corrected chi connectivity index (χ3v) is 5.83. The number of pyridine rings is 1. The Kier molecular flexibility index (Phi) is 6.18. The molecule has 0 spiro atoms. The van der Waals surface area contributed by atoms with E-state index in [1.807, 2.05) is 47.0 Å². The normalized spacial score (nSPS) is 13.8. The van der Waals surface area contributed by atoms with E-state index in [4.69, 9.17) is 4.74 Å². The highest BCUT2D eigenvalue weighted by molar-refractivity contribution is 7.99. The minimum Gasteiger partial charge on any atom is -0.462 e. The highest BCUT2D eigenvalue weighted by atomic mass is 32.2. The van der Waals surface area contributed by atoms with Crippen molar-refractivity contribution in [2.24, 2.45) is 0 Å². The average Bonchev–Trinajstić information content (AvgIpc) is 2.79. The van der Waals surface area contributed by atoms with E-state index in [1.54, 1.807) is 31.2 Å². The summed E-state index contributed by atoms with van der Waals surface area (Å²) in [6.07, 6.45) is 0. The van der Waals surface area contributed by atoms with Gasteiger partial charge in [-0.1, -0.05) is 24.3 Å².